The number of hydrogen-bond acceptors (Lipinski definition) is 9. The fourth-order valence-corrected chi connectivity index (χ4v) is 3.42. The molecule has 1 aliphatic heterocycles. The molecule has 12 heteroatoms. The zero-order valence-corrected chi connectivity index (χ0v) is 16.9. The number of unbranched alkanes of at least 4 members (excludes halogenated alkanes) is 2. The van der Waals surface area contributed by atoms with Gasteiger partial charge < -0.3 is 20.7 Å². The molecule has 0 bridgehead atoms. The van der Waals surface area contributed by atoms with Gasteiger partial charge in [-0.25, -0.2) is 28.1 Å². The fourth-order valence-electron chi connectivity index (χ4n) is 2.95. The Kier molecular flexibility index (Phi) is 6.35. The maximum absolute atomic E-state index is 11.3. The lowest BCUT2D eigenvalue weighted by Gasteiger charge is -2.16. The lowest BCUT2D eigenvalue weighted by molar-refractivity contribution is -0.0330. The monoisotopic (exact) mass is 424 g/mol. The van der Waals surface area contributed by atoms with Crippen LogP contribution >= 0.6 is 0 Å². The van der Waals surface area contributed by atoms with Crippen molar-refractivity contribution < 1.29 is 23.4 Å². The van der Waals surface area contributed by atoms with Crippen LogP contribution in [-0.2, 0) is 14.8 Å². The van der Waals surface area contributed by atoms with Gasteiger partial charge in [0.1, 0.15) is 23.8 Å². The van der Waals surface area contributed by atoms with Crippen molar-refractivity contribution in [2.75, 3.05) is 18.5 Å². The highest BCUT2D eigenvalue weighted by Crippen LogP contribution is 2.32. The third-order valence-electron chi connectivity index (χ3n) is 4.46. The summed E-state index contributed by atoms with van der Waals surface area (Å²) >= 11 is 0. The van der Waals surface area contributed by atoms with Gasteiger partial charge in [0.25, 0.3) is 0 Å². The number of nitrogens with zero attached hydrogens (tertiary/aromatic N) is 4. The first-order chi connectivity index (χ1) is 13.7. The molecule has 0 aromatic carbocycles. The molecule has 1 fully saturated rings. The Balaban J connectivity index is 1.88. The lowest BCUT2D eigenvalue weighted by Crippen LogP contribution is -2.39. The molecule has 29 heavy (non-hydrogen) atoms. The highest BCUT2D eigenvalue weighted by Gasteiger charge is 2.44. The molecule has 1 unspecified atom stereocenters. The van der Waals surface area contributed by atoms with Crippen molar-refractivity contribution in [1.82, 2.24) is 24.2 Å². The average Bonchev–Trinajstić information content (AvgIpc) is 3.19. The number of aliphatic hydroxyl groups is 2. The van der Waals surface area contributed by atoms with E-state index in [1.807, 2.05) is 0 Å². The Morgan fingerprint density at radius 1 is 1.34 bits per heavy atom. The highest BCUT2D eigenvalue weighted by atomic mass is 32.2. The van der Waals surface area contributed by atoms with E-state index in [1.165, 1.54) is 10.9 Å². The van der Waals surface area contributed by atoms with Crippen molar-refractivity contribution in [2.45, 2.75) is 50.7 Å². The third kappa shape index (κ3) is 4.82. The number of sulfonamides is 1. The maximum atomic E-state index is 11.3. The zero-order chi connectivity index (χ0) is 21.2. The van der Waals surface area contributed by atoms with Crippen molar-refractivity contribution in [3.05, 3.63) is 12.2 Å². The molecule has 5 N–H and O–H groups in total. The van der Waals surface area contributed by atoms with E-state index < -0.39 is 34.6 Å². The summed E-state index contributed by atoms with van der Waals surface area (Å²) in [5.41, 5.74) is 6.57. The second-order valence-corrected chi connectivity index (χ2v) is 8.66. The Bertz CT molecular complexity index is 1040. The number of rotatable bonds is 6. The summed E-state index contributed by atoms with van der Waals surface area (Å²) in [6, 6.07) is 0. The largest absolute Gasteiger partial charge is 0.387 e. The van der Waals surface area contributed by atoms with Crippen LogP contribution in [0.25, 0.3) is 11.2 Å². The molecule has 0 radical (unpaired) electrons. The summed E-state index contributed by atoms with van der Waals surface area (Å²) in [6.07, 6.45) is 0.456. The highest BCUT2D eigenvalue weighted by molar-refractivity contribution is 7.88. The molecular formula is C17H24N6O5S. The topological polar surface area (TPSA) is 165 Å². The van der Waals surface area contributed by atoms with Crippen molar-refractivity contribution in [3.8, 4) is 11.8 Å². The van der Waals surface area contributed by atoms with Gasteiger partial charge in [-0.05, 0) is 12.3 Å². The molecule has 1 saturated heterocycles. The third-order valence-corrected chi connectivity index (χ3v) is 5.15. The van der Waals surface area contributed by atoms with E-state index in [1.54, 1.807) is 0 Å². The van der Waals surface area contributed by atoms with Crippen LogP contribution in [0.1, 0.15) is 38.2 Å². The van der Waals surface area contributed by atoms with Crippen molar-refractivity contribution in [1.29, 1.82) is 0 Å². The zero-order valence-electron chi connectivity index (χ0n) is 16.1. The van der Waals surface area contributed by atoms with Gasteiger partial charge in [0.15, 0.2) is 17.7 Å². The number of nitrogens with two attached hydrogens (primary N) is 1. The number of imidazole rings is 1. The second-order valence-electron chi connectivity index (χ2n) is 6.83. The number of aliphatic hydroxyl groups excluding tert-OH is 2. The van der Waals surface area contributed by atoms with Crippen LogP contribution < -0.4 is 10.5 Å². The number of nitrogen functional groups attached to an aromatic ring is 1. The first kappa shape index (κ1) is 21.4. The molecule has 0 aliphatic carbocycles. The van der Waals surface area contributed by atoms with Gasteiger partial charge in [0, 0.05) is 13.0 Å². The van der Waals surface area contributed by atoms with Crippen molar-refractivity contribution in [3.63, 3.8) is 0 Å². The van der Waals surface area contributed by atoms with E-state index >= 15 is 0 Å². The summed E-state index contributed by atoms with van der Waals surface area (Å²) < 4.78 is 32.0. The predicted octanol–water partition coefficient (Wildman–Crippen LogP) is -0.881. The number of fused-ring (bicyclic) bond motifs is 1. The van der Waals surface area contributed by atoms with Crippen LogP contribution in [0.2, 0.25) is 0 Å². The van der Waals surface area contributed by atoms with E-state index in [2.05, 4.69) is 38.4 Å². The van der Waals surface area contributed by atoms with Gasteiger partial charge in [0.05, 0.1) is 12.6 Å². The van der Waals surface area contributed by atoms with E-state index in [4.69, 9.17) is 10.5 Å². The number of hydrogen-bond donors (Lipinski definition) is 4. The van der Waals surface area contributed by atoms with Gasteiger partial charge in [-0.2, -0.15) is 0 Å². The maximum Gasteiger partial charge on any atom is 0.208 e. The first-order valence-electron chi connectivity index (χ1n) is 9.16. The van der Waals surface area contributed by atoms with E-state index in [-0.39, 0.29) is 18.2 Å². The molecule has 3 heterocycles. The Morgan fingerprint density at radius 2 is 2.10 bits per heavy atom. The summed E-state index contributed by atoms with van der Waals surface area (Å²) in [5.74, 6) is 6.20. The minimum absolute atomic E-state index is 0.136. The molecule has 2 aromatic heterocycles. The number of nitrogens with one attached hydrogen (secondary N) is 1. The molecule has 1 aliphatic rings. The normalized spacial score (nSPS) is 24.6. The smallest absolute Gasteiger partial charge is 0.208 e. The van der Waals surface area contributed by atoms with Crippen LogP contribution in [0.15, 0.2) is 6.33 Å². The fraction of sp³-hybridized carbons (Fsp3) is 0.588. The Hall–Kier alpha value is -2.30. The van der Waals surface area contributed by atoms with Crippen LogP contribution in [-0.4, -0.2) is 69.3 Å². The summed E-state index contributed by atoms with van der Waals surface area (Å²) in [5, 5.41) is 20.7. The van der Waals surface area contributed by atoms with Gasteiger partial charge in [0.2, 0.25) is 15.8 Å². The number of ether oxygens (including phenoxy) is 1. The SMILES string of the molecule is CCCCC#Cc1nc(N)c2ncn(C3O[C@H](CNS(C)(=O)=O)[C@@H](O)[C@H]3O)c2n1. The lowest BCUT2D eigenvalue weighted by atomic mass is 10.1. The Morgan fingerprint density at radius 3 is 2.79 bits per heavy atom. The van der Waals surface area contributed by atoms with Crippen LogP contribution in [0, 0.1) is 11.8 Å². The van der Waals surface area contributed by atoms with Crippen LogP contribution in [0.5, 0.6) is 0 Å². The van der Waals surface area contributed by atoms with Gasteiger partial charge in [-0.15, -0.1) is 0 Å². The van der Waals surface area contributed by atoms with Gasteiger partial charge in [-0.3, -0.25) is 4.57 Å². The molecule has 0 spiro atoms. The van der Waals surface area contributed by atoms with Crippen LogP contribution in [0.4, 0.5) is 5.82 Å². The van der Waals surface area contributed by atoms with Gasteiger partial charge in [-0.1, -0.05) is 19.3 Å². The molecular weight excluding hydrogens is 400 g/mol. The standard InChI is InChI=1S/C17H24N6O5S/c1-3-4-5-6-7-11-21-15(18)12-16(22-11)23(9-19-12)17-14(25)13(24)10(28-17)8-20-29(2,26)27/h9-10,13-14,17,20,24-25H,3-5,8H2,1-2H3,(H2,18,21,22)/t10-,13-,14-,17?/m1/s1. The summed E-state index contributed by atoms with van der Waals surface area (Å²) in [6.45, 7) is 1.88. The van der Waals surface area contributed by atoms with E-state index in [0.717, 1.165) is 19.1 Å². The summed E-state index contributed by atoms with van der Waals surface area (Å²) in [7, 11) is -3.48. The molecule has 158 valence electrons. The predicted molar refractivity (Wildman–Crippen MR) is 105 cm³/mol. The minimum Gasteiger partial charge on any atom is -0.387 e. The molecule has 3 rings (SSSR count). The molecule has 11 nitrogen and oxygen atoms in total. The van der Waals surface area contributed by atoms with E-state index in [0.29, 0.717) is 17.6 Å². The number of aromatic nitrogens is 4. The first-order valence-corrected chi connectivity index (χ1v) is 11.1. The second kappa shape index (κ2) is 8.60. The van der Waals surface area contributed by atoms with Crippen molar-refractivity contribution in [2.24, 2.45) is 0 Å². The summed E-state index contributed by atoms with van der Waals surface area (Å²) in [4.78, 5) is 12.7. The molecule has 4 atom stereocenters. The van der Waals surface area contributed by atoms with E-state index in [9.17, 15) is 18.6 Å². The van der Waals surface area contributed by atoms with Crippen molar-refractivity contribution >= 4 is 27.0 Å². The molecule has 0 saturated carbocycles. The minimum atomic E-state index is -3.48. The molecule has 0 amide bonds. The average molecular weight is 424 g/mol. The molecule has 2 aromatic rings. The van der Waals surface area contributed by atoms with Gasteiger partial charge >= 0.3 is 0 Å². The van der Waals surface area contributed by atoms with Crippen LogP contribution in [0.3, 0.4) is 0 Å². The number of anilines is 1. The Labute approximate surface area is 168 Å². The quantitative estimate of drug-likeness (QED) is 0.340.